The minimum absolute atomic E-state index is 0.0810. The molecule has 5 heteroatoms. The lowest BCUT2D eigenvalue weighted by Gasteiger charge is -2.17. The van der Waals surface area contributed by atoms with Gasteiger partial charge in [0.2, 0.25) is 0 Å². The van der Waals surface area contributed by atoms with Crippen LogP contribution in [-0.4, -0.2) is 43.8 Å². The average molecular weight is 171 g/mol. The summed E-state index contributed by atoms with van der Waals surface area (Å²) in [5, 5.41) is 11.4. The molecule has 0 fully saturated rings. The average Bonchev–Trinajstić information content (AvgIpc) is 1.98. The summed E-state index contributed by atoms with van der Waals surface area (Å²) in [6.45, 7) is 3.18. The molecule has 0 heterocycles. The van der Waals surface area contributed by atoms with E-state index < -0.39 is 5.97 Å². The molecule has 0 aliphatic rings. The summed E-state index contributed by atoms with van der Waals surface area (Å²) < 4.78 is 0. The zero-order chi connectivity index (χ0) is 9.72. The molecule has 0 saturated carbocycles. The Kier molecular flexibility index (Phi) is 3.82. The zero-order valence-corrected chi connectivity index (χ0v) is 7.46. The van der Waals surface area contributed by atoms with E-state index in [1.807, 2.05) is 0 Å². The van der Waals surface area contributed by atoms with Crippen molar-refractivity contribution in [3.05, 3.63) is 11.5 Å². The number of nitrogens with one attached hydrogen (secondary N) is 1. The van der Waals surface area contributed by atoms with Crippen molar-refractivity contribution in [2.75, 3.05) is 21.1 Å². The van der Waals surface area contributed by atoms with Crippen LogP contribution in [-0.2, 0) is 4.79 Å². The smallest absolute Gasteiger partial charge is 0.358 e. The Morgan fingerprint density at radius 2 is 2.08 bits per heavy atom. The highest BCUT2D eigenvalue weighted by Crippen LogP contribution is 2.04. The van der Waals surface area contributed by atoms with Crippen LogP contribution in [0, 0.1) is 0 Å². The maximum atomic E-state index is 10.6. The van der Waals surface area contributed by atoms with Crippen molar-refractivity contribution in [3.63, 3.8) is 0 Å². The van der Waals surface area contributed by atoms with E-state index in [-0.39, 0.29) is 5.70 Å². The number of hydrogen-bond donors (Lipinski definition) is 2. The summed E-state index contributed by atoms with van der Waals surface area (Å²) in [5.41, 5.74) is -0.0810. The first-order chi connectivity index (χ1) is 5.54. The summed E-state index contributed by atoms with van der Waals surface area (Å²) in [5.74, 6) is -0.666. The molecule has 0 atom stereocenters. The lowest BCUT2D eigenvalue weighted by molar-refractivity contribution is -0.132. The lowest BCUT2D eigenvalue weighted by atomic mass is 10.4. The molecule has 0 spiro atoms. The van der Waals surface area contributed by atoms with E-state index in [9.17, 15) is 4.79 Å². The van der Waals surface area contributed by atoms with Crippen LogP contribution in [0.5, 0.6) is 0 Å². The molecular formula is C7H13N3O2. The third kappa shape index (κ3) is 2.26. The van der Waals surface area contributed by atoms with Crippen molar-refractivity contribution in [3.8, 4) is 0 Å². The highest BCUT2D eigenvalue weighted by molar-refractivity contribution is 5.87. The van der Waals surface area contributed by atoms with Gasteiger partial charge in [-0.2, -0.15) is 0 Å². The summed E-state index contributed by atoms with van der Waals surface area (Å²) in [7, 11) is 5.07. The maximum absolute atomic E-state index is 10.6. The predicted molar refractivity (Wildman–Crippen MR) is 47.0 cm³/mol. The summed E-state index contributed by atoms with van der Waals surface area (Å²) in [4.78, 5) is 15.6. The van der Waals surface area contributed by atoms with Crippen LogP contribution in [0.1, 0.15) is 0 Å². The standard InChI is InChI=1S/C7H13N3O2/c1-8-5(7(11)12)6(9-2)10(3)4/h9H,1H2,2-4H3,(H,11,12)/b6-5-. The zero-order valence-electron chi connectivity index (χ0n) is 7.46. The van der Waals surface area contributed by atoms with Crippen molar-refractivity contribution in [1.82, 2.24) is 10.2 Å². The SMILES string of the molecule is C=N/C(C(=O)O)=C(/NC)N(C)C. The van der Waals surface area contributed by atoms with Gasteiger partial charge in [0, 0.05) is 21.1 Å². The number of carboxylic acid groups (broad SMARTS) is 1. The third-order valence-corrected chi connectivity index (χ3v) is 1.27. The largest absolute Gasteiger partial charge is 0.476 e. The van der Waals surface area contributed by atoms with Crippen LogP contribution in [0.25, 0.3) is 0 Å². The topological polar surface area (TPSA) is 64.9 Å². The summed E-state index contributed by atoms with van der Waals surface area (Å²) in [6.07, 6.45) is 0. The fraction of sp³-hybridized carbons (Fsp3) is 0.429. The highest BCUT2D eigenvalue weighted by Gasteiger charge is 2.12. The maximum Gasteiger partial charge on any atom is 0.358 e. The van der Waals surface area contributed by atoms with Crippen LogP contribution >= 0.6 is 0 Å². The van der Waals surface area contributed by atoms with Gasteiger partial charge in [-0.15, -0.1) is 0 Å². The Labute approximate surface area is 71.4 Å². The third-order valence-electron chi connectivity index (χ3n) is 1.27. The summed E-state index contributed by atoms with van der Waals surface area (Å²) >= 11 is 0. The van der Waals surface area contributed by atoms with Crippen LogP contribution in [0.2, 0.25) is 0 Å². The molecule has 0 bridgehead atoms. The van der Waals surface area contributed by atoms with E-state index in [1.54, 1.807) is 26.0 Å². The van der Waals surface area contributed by atoms with Gasteiger partial charge < -0.3 is 15.3 Å². The molecule has 0 aromatic carbocycles. The Morgan fingerprint density at radius 1 is 1.58 bits per heavy atom. The van der Waals surface area contributed by atoms with Gasteiger partial charge in [-0.1, -0.05) is 0 Å². The van der Waals surface area contributed by atoms with Gasteiger partial charge in [-0.05, 0) is 6.72 Å². The van der Waals surface area contributed by atoms with E-state index in [4.69, 9.17) is 5.11 Å². The van der Waals surface area contributed by atoms with Crippen molar-refractivity contribution < 1.29 is 9.90 Å². The second-order valence-electron chi connectivity index (χ2n) is 2.30. The molecule has 0 aromatic rings. The van der Waals surface area contributed by atoms with Gasteiger partial charge in [0.25, 0.3) is 0 Å². The molecule has 12 heavy (non-hydrogen) atoms. The van der Waals surface area contributed by atoms with E-state index in [1.165, 1.54) is 0 Å². The van der Waals surface area contributed by atoms with Crippen LogP contribution in [0.15, 0.2) is 16.5 Å². The van der Waals surface area contributed by atoms with Gasteiger partial charge in [-0.25, -0.2) is 4.79 Å². The number of nitrogens with zero attached hydrogens (tertiary/aromatic N) is 2. The predicted octanol–water partition coefficient (Wildman–Crippen LogP) is -0.278. The minimum Gasteiger partial charge on any atom is -0.476 e. The molecule has 68 valence electrons. The van der Waals surface area contributed by atoms with Crippen molar-refractivity contribution in [1.29, 1.82) is 0 Å². The molecule has 0 aromatic heterocycles. The molecule has 0 rings (SSSR count). The van der Waals surface area contributed by atoms with E-state index in [0.717, 1.165) is 0 Å². The van der Waals surface area contributed by atoms with Crippen LogP contribution in [0.4, 0.5) is 0 Å². The monoisotopic (exact) mass is 171 g/mol. The fourth-order valence-corrected chi connectivity index (χ4v) is 0.798. The van der Waals surface area contributed by atoms with E-state index in [0.29, 0.717) is 5.82 Å². The first-order valence-electron chi connectivity index (χ1n) is 3.34. The van der Waals surface area contributed by atoms with Gasteiger partial charge in [0.1, 0.15) is 5.82 Å². The Hall–Kier alpha value is -1.52. The van der Waals surface area contributed by atoms with Crippen LogP contribution in [0.3, 0.4) is 0 Å². The van der Waals surface area contributed by atoms with Gasteiger partial charge >= 0.3 is 5.97 Å². The molecule has 0 aliphatic carbocycles. The van der Waals surface area contributed by atoms with E-state index in [2.05, 4.69) is 17.0 Å². The number of aliphatic carboxylic acids is 1. The van der Waals surface area contributed by atoms with Crippen molar-refractivity contribution in [2.24, 2.45) is 4.99 Å². The second kappa shape index (κ2) is 4.38. The molecular weight excluding hydrogens is 158 g/mol. The molecule has 0 unspecified atom stereocenters. The Balaban J connectivity index is 5.01. The highest BCUT2D eigenvalue weighted by atomic mass is 16.4. The van der Waals surface area contributed by atoms with Gasteiger partial charge in [0.05, 0.1) is 0 Å². The number of carboxylic acids is 1. The van der Waals surface area contributed by atoms with Gasteiger partial charge in [-0.3, -0.25) is 4.99 Å². The molecule has 5 nitrogen and oxygen atoms in total. The number of hydrogen-bond acceptors (Lipinski definition) is 4. The number of aliphatic imine (C=N–C) groups is 1. The minimum atomic E-state index is -1.09. The second-order valence-corrected chi connectivity index (χ2v) is 2.30. The summed E-state index contributed by atoms with van der Waals surface area (Å²) in [6, 6.07) is 0. The normalized spacial score (nSPS) is 11.6. The lowest BCUT2D eigenvalue weighted by Crippen LogP contribution is -2.26. The Morgan fingerprint density at radius 3 is 2.17 bits per heavy atom. The fourth-order valence-electron chi connectivity index (χ4n) is 0.798. The molecule has 0 aliphatic heterocycles. The first-order valence-corrected chi connectivity index (χ1v) is 3.34. The number of rotatable bonds is 4. The Bertz CT molecular complexity index is 221. The van der Waals surface area contributed by atoms with Crippen molar-refractivity contribution in [2.45, 2.75) is 0 Å². The first kappa shape index (κ1) is 10.5. The molecule has 0 saturated heterocycles. The van der Waals surface area contributed by atoms with Gasteiger partial charge in [0.15, 0.2) is 5.70 Å². The van der Waals surface area contributed by atoms with Crippen LogP contribution < -0.4 is 5.32 Å². The van der Waals surface area contributed by atoms with E-state index >= 15 is 0 Å². The number of carbonyl (C=O) groups is 1. The molecule has 0 radical (unpaired) electrons. The molecule has 2 N–H and O–H groups in total. The quantitative estimate of drug-likeness (QED) is 0.451. The molecule has 0 amide bonds. The van der Waals surface area contributed by atoms with Crippen molar-refractivity contribution >= 4 is 12.7 Å².